The van der Waals surface area contributed by atoms with Crippen molar-refractivity contribution in [2.24, 2.45) is 0 Å². The lowest BCUT2D eigenvalue weighted by Crippen LogP contribution is -2.09. The Hall–Kier alpha value is -1.54. The number of carbonyl (C=O) groups is 1. The van der Waals surface area contributed by atoms with Gasteiger partial charge in [0.15, 0.2) is 0 Å². The van der Waals surface area contributed by atoms with Crippen molar-refractivity contribution < 1.29 is 13.9 Å². The molecular formula is C13H14FNO2S. The van der Waals surface area contributed by atoms with Gasteiger partial charge < -0.3 is 4.74 Å². The summed E-state index contributed by atoms with van der Waals surface area (Å²) < 4.78 is 18.0. The highest BCUT2D eigenvalue weighted by molar-refractivity contribution is 7.99. The molecule has 0 fully saturated rings. The minimum absolute atomic E-state index is 0.0441. The summed E-state index contributed by atoms with van der Waals surface area (Å²) in [6.45, 7) is 1.88. The predicted molar refractivity (Wildman–Crippen MR) is 68.5 cm³/mol. The summed E-state index contributed by atoms with van der Waals surface area (Å²) in [6, 6.07) is 6.25. The second kappa shape index (κ2) is 7.02. The van der Waals surface area contributed by atoms with Gasteiger partial charge in [-0.25, -0.2) is 4.39 Å². The zero-order valence-corrected chi connectivity index (χ0v) is 11.1. The van der Waals surface area contributed by atoms with E-state index >= 15 is 0 Å². The quantitative estimate of drug-likeness (QED) is 0.770. The number of esters is 1. The second-order valence-corrected chi connectivity index (χ2v) is 5.25. The van der Waals surface area contributed by atoms with E-state index in [0.717, 1.165) is 0 Å². The molecule has 5 heteroatoms. The number of ether oxygens (including phenoxy) is 1. The minimum Gasteiger partial charge on any atom is -0.469 e. The van der Waals surface area contributed by atoms with Crippen molar-refractivity contribution in [3.63, 3.8) is 0 Å². The number of rotatable bonds is 5. The molecule has 1 atom stereocenters. The van der Waals surface area contributed by atoms with Crippen LogP contribution in [0.3, 0.4) is 0 Å². The Balaban J connectivity index is 2.58. The maximum absolute atomic E-state index is 13.5. The first-order valence-electron chi connectivity index (χ1n) is 5.43. The van der Waals surface area contributed by atoms with Gasteiger partial charge in [-0.15, -0.1) is 0 Å². The highest BCUT2D eigenvalue weighted by Gasteiger charge is 2.11. The minimum atomic E-state index is -0.327. The van der Waals surface area contributed by atoms with Gasteiger partial charge in [-0.3, -0.25) is 4.79 Å². The van der Waals surface area contributed by atoms with Gasteiger partial charge in [-0.1, -0.05) is 6.92 Å². The Morgan fingerprint density at radius 3 is 2.94 bits per heavy atom. The van der Waals surface area contributed by atoms with E-state index in [4.69, 9.17) is 5.26 Å². The first kappa shape index (κ1) is 14.5. The smallest absolute Gasteiger partial charge is 0.306 e. The topological polar surface area (TPSA) is 50.1 Å². The van der Waals surface area contributed by atoms with Crippen molar-refractivity contribution in [1.82, 2.24) is 0 Å². The van der Waals surface area contributed by atoms with Crippen molar-refractivity contribution in [1.29, 1.82) is 5.26 Å². The van der Waals surface area contributed by atoms with Crippen LogP contribution in [0.1, 0.15) is 24.5 Å². The molecule has 0 amide bonds. The SMILES string of the molecule is COC(=O)C[C@@H](C)SCc1cc(C#N)ccc1F. The fourth-order valence-electron chi connectivity index (χ4n) is 1.36. The number of halogens is 1. The molecule has 0 radical (unpaired) electrons. The average molecular weight is 267 g/mol. The van der Waals surface area contributed by atoms with Crippen LogP contribution in [0.5, 0.6) is 0 Å². The first-order chi connectivity index (χ1) is 8.56. The summed E-state index contributed by atoms with van der Waals surface area (Å²) in [5.74, 6) is -0.174. The van der Waals surface area contributed by atoms with E-state index in [0.29, 0.717) is 23.3 Å². The summed E-state index contributed by atoms with van der Waals surface area (Å²) in [7, 11) is 1.34. The highest BCUT2D eigenvalue weighted by atomic mass is 32.2. The molecule has 1 rings (SSSR count). The van der Waals surface area contributed by atoms with E-state index in [9.17, 15) is 9.18 Å². The summed E-state index contributed by atoms with van der Waals surface area (Å²) in [6.07, 6.45) is 0.292. The van der Waals surface area contributed by atoms with Crippen LogP contribution in [0.15, 0.2) is 18.2 Å². The molecule has 0 aliphatic heterocycles. The Kier molecular flexibility index (Phi) is 5.66. The lowest BCUT2D eigenvalue weighted by Gasteiger charge is -2.10. The van der Waals surface area contributed by atoms with Crippen LogP contribution >= 0.6 is 11.8 Å². The van der Waals surface area contributed by atoms with Gasteiger partial charge >= 0.3 is 5.97 Å². The van der Waals surface area contributed by atoms with Gasteiger partial charge in [0.25, 0.3) is 0 Å². The van der Waals surface area contributed by atoms with E-state index in [1.54, 1.807) is 0 Å². The van der Waals surface area contributed by atoms with Crippen LogP contribution in [0.25, 0.3) is 0 Å². The third kappa shape index (κ3) is 4.38. The highest BCUT2D eigenvalue weighted by Crippen LogP contribution is 2.22. The molecule has 0 aliphatic carbocycles. The second-order valence-electron chi connectivity index (χ2n) is 3.82. The molecule has 0 unspecified atom stereocenters. The Morgan fingerprint density at radius 2 is 2.33 bits per heavy atom. The predicted octanol–water partition coefficient (Wildman–Crippen LogP) is 2.88. The van der Waals surface area contributed by atoms with E-state index in [1.807, 2.05) is 13.0 Å². The Labute approximate surface area is 110 Å². The van der Waals surface area contributed by atoms with Crippen LogP contribution in [0, 0.1) is 17.1 Å². The first-order valence-corrected chi connectivity index (χ1v) is 6.48. The normalized spacial score (nSPS) is 11.7. The third-order valence-electron chi connectivity index (χ3n) is 2.38. The molecule has 0 heterocycles. The average Bonchev–Trinajstić information content (AvgIpc) is 2.37. The standard InChI is InChI=1S/C13H14FNO2S/c1-9(5-13(16)17-2)18-8-11-6-10(7-15)3-4-12(11)14/h3-4,6,9H,5,8H2,1-2H3/t9-/m1/s1. The van der Waals surface area contributed by atoms with Crippen molar-refractivity contribution in [2.45, 2.75) is 24.3 Å². The number of benzene rings is 1. The zero-order chi connectivity index (χ0) is 13.5. The van der Waals surface area contributed by atoms with Gasteiger partial charge in [0.2, 0.25) is 0 Å². The van der Waals surface area contributed by atoms with Gasteiger partial charge in [-0.05, 0) is 23.8 Å². The van der Waals surface area contributed by atoms with E-state index in [1.165, 1.54) is 37.1 Å². The lowest BCUT2D eigenvalue weighted by atomic mass is 10.1. The van der Waals surface area contributed by atoms with Crippen LogP contribution in [-0.2, 0) is 15.3 Å². The summed E-state index contributed by atoms with van der Waals surface area (Å²) in [5.41, 5.74) is 0.920. The van der Waals surface area contributed by atoms with Crippen molar-refractivity contribution in [2.75, 3.05) is 7.11 Å². The van der Waals surface area contributed by atoms with Crippen LogP contribution in [0.4, 0.5) is 4.39 Å². The fraction of sp³-hybridized carbons (Fsp3) is 0.385. The molecule has 18 heavy (non-hydrogen) atoms. The van der Waals surface area contributed by atoms with Crippen molar-refractivity contribution in [3.05, 3.63) is 35.1 Å². The number of thioether (sulfide) groups is 1. The maximum Gasteiger partial charge on any atom is 0.306 e. The molecule has 0 saturated heterocycles. The largest absolute Gasteiger partial charge is 0.469 e. The van der Waals surface area contributed by atoms with Crippen molar-refractivity contribution in [3.8, 4) is 6.07 Å². The summed E-state index contributed by atoms with van der Waals surface area (Å²) in [5, 5.41) is 8.78. The van der Waals surface area contributed by atoms with Gasteiger partial charge in [0.1, 0.15) is 5.82 Å². The number of carbonyl (C=O) groups excluding carboxylic acids is 1. The fourth-order valence-corrected chi connectivity index (χ4v) is 2.30. The van der Waals surface area contributed by atoms with E-state index in [2.05, 4.69) is 4.74 Å². The molecule has 0 aliphatic rings. The zero-order valence-electron chi connectivity index (χ0n) is 10.3. The number of hydrogen-bond donors (Lipinski definition) is 0. The van der Waals surface area contributed by atoms with E-state index < -0.39 is 0 Å². The van der Waals surface area contributed by atoms with Gasteiger partial charge in [0.05, 0.1) is 25.2 Å². The molecular weight excluding hydrogens is 253 g/mol. The number of nitriles is 1. The molecule has 1 aromatic rings. The molecule has 0 aromatic heterocycles. The number of methoxy groups -OCH3 is 1. The molecule has 0 N–H and O–H groups in total. The summed E-state index contributed by atoms with van der Waals surface area (Å²) >= 11 is 1.46. The van der Waals surface area contributed by atoms with Crippen molar-refractivity contribution >= 4 is 17.7 Å². The van der Waals surface area contributed by atoms with E-state index in [-0.39, 0.29) is 17.0 Å². The molecule has 1 aromatic carbocycles. The summed E-state index contributed by atoms with van der Waals surface area (Å²) in [4.78, 5) is 11.0. The molecule has 0 bridgehead atoms. The Bertz CT molecular complexity index is 471. The van der Waals surface area contributed by atoms with Crippen LogP contribution in [-0.4, -0.2) is 18.3 Å². The molecule has 0 spiro atoms. The van der Waals surface area contributed by atoms with Gasteiger partial charge in [0, 0.05) is 11.0 Å². The lowest BCUT2D eigenvalue weighted by molar-refractivity contribution is -0.140. The molecule has 96 valence electrons. The van der Waals surface area contributed by atoms with Crippen LogP contribution < -0.4 is 0 Å². The maximum atomic E-state index is 13.5. The monoisotopic (exact) mass is 267 g/mol. The molecule has 3 nitrogen and oxygen atoms in total. The van der Waals surface area contributed by atoms with Crippen LogP contribution in [0.2, 0.25) is 0 Å². The third-order valence-corrected chi connectivity index (χ3v) is 3.59. The Morgan fingerprint density at radius 1 is 1.61 bits per heavy atom. The molecule has 0 saturated carbocycles. The number of nitrogens with zero attached hydrogens (tertiary/aromatic N) is 1. The number of hydrogen-bond acceptors (Lipinski definition) is 4. The van der Waals surface area contributed by atoms with Gasteiger partial charge in [-0.2, -0.15) is 17.0 Å².